The lowest BCUT2D eigenvalue weighted by Crippen LogP contribution is -2.40. The third kappa shape index (κ3) is 4.40. The molecule has 0 unspecified atom stereocenters. The standard InChI is InChI=1S/C13H17IN2O.ClH/c14-10-3-1-2-9(8-10)13(17)16-12-6-4-11(15)5-7-12;/h1-3,8,11-12H,4-7,15H2,(H,16,17);1H. The molecule has 2 rings (SSSR count). The van der Waals surface area contributed by atoms with Gasteiger partial charge >= 0.3 is 0 Å². The molecular weight excluding hydrogens is 363 g/mol. The molecule has 5 heteroatoms. The molecule has 1 fully saturated rings. The van der Waals surface area contributed by atoms with Gasteiger partial charge in [-0.15, -0.1) is 12.4 Å². The summed E-state index contributed by atoms with van der Waals surface area (Å²) in [6.45, 7) is 0. The van der Waals surface area contributed by atoms with E-state index in [1.807, 2.05) is 24.3 Å². The summed E-state index contributed by atoms with van der Waals surface area (Å²) >= 11 is 2.22. The van der Waals surface area contributed by atoms with Gasteiger partial charge in [0, 0.05) is 21.2 Å². The fraction of sp³-hybridized carbons (Fsp3) is 0.462. The van der Waals surface area contributed by atoms with Crippen molar-refractivity contribution in [1.82, 2.24) is 5.32 Å². The van der Waals surface area contributed by atoms with Crippen LogP contribution in [0.2, 0.25) is 0 Å². The lowest BCUT2D eigenvalue weighted by molar-refractivity contribution is 0.0926. The van der Waals surface area contributed by atoms with Crippen molar-refractivity contribution in [2.45, 2.75) is 37.8 Å². The van der Waals surface area contributed by atoms with E-state index in [9.17, 15) is 4.79 Å². The predicted octanol–water partition coefficient (Wildman–Crippen LogP) is 2.71. The van der Waals surface area contributed by atoms with Gasteiger partial charge in [-0.05, 0) is 66.5 Å². The molecule has 3 N–H and O–H groups in total. The van der Waals surface area contributed by atoms with Crippen molar-refractivity contribution in [3.63, 3.8) is 0 Å². The molecule has 0 atom stereocenters. The van der Waals surface area contributed by atoms with E-state index < -0.39 is 0 Å². The monoisotopic (exact) mass is 380 g/mol. The average molecular weight is 381 g/mol. The summed E-state index contributed by atoms with van der Waals surface area (Å²) in [5, 5.41) is 3.09. The molecular formula is C13H18ClIN2O. The van der Waals surface area contributed by atoms with Crippen LogP contribution in [-0.2, 0) is 0 Å². The van der Waals surface area contributed by atoms with Crippen molar-refractivity contribution >= 4 is 40.9 Å². The maximum atomic E-state index is 12.0. The second kappa shape index (κ2) is 7.31. The van der Waals surface area contributed by atoms with Gasteiger partial charge in [0.15, 0.2) is 0 Å². The van der Waals surface area contributed by atoms with Crippen molar-refractivity contribution in [3.05, 3.63) is 33.4 Å². The Labute approximate surface area is 127 Å². The zero-order valence-corrected chi connectivity index (χ0v) is 13.0. The zero-order valence-electron chi connectivity index (χ0n) is 10.1. The normalized spacial score (nSPS) is 23.0. The molecule has 3 nitrogen and oxygen atoms in total. The number of halogens is 2. The fourth-order valence-electron chi connectivity index (χ4n) is 2.16. The number of nitrogens with two attached hydrogens (primary N) is 1. The highest BCUT2D eigenvalue weighted by Crippen LogP contribution is 2.17. The third-order valence-electron chi connectivity index (χ3n) is 3.19. The molecule has 1 aromatic rings. The summed E-state index contributed by atoms with van der Waals surface area (Å²) in [4.78, 5) is 12.0. The Morgan fingerprint density at radius 3 is 2.56 bits per heavy atom. The second-order valence-corrected chi connectivity index (χ2v) is 5.84. The van der Waals surface area contributed by atoms with Gasteiger partial charge in [0.05, 0.1) is 0 Å². The van der Waals surface area contributed by atoms with Crippen LogP contribution in [0.1, 0.15) is 36.0 Å². The number of benzene rings is 1. The van der Waals surface area contributed by atoms with E-state index in [1.165, 1.54) is 0 Å². The van der Waals surface area contributed by atoms with E-state index in [0.717, 1.165) is 34.8 Å². The predicted molar refractivity (Wildman–Crippen MR) is 84.1 cm³/mol. The van der Waals surface area contributed by atoms with Gasteiger partial charge in [0.25, 0.3) is 5.91 Å². The first-order chi connectivity index (χ1) is 8.15. The van der Waals surface area contributed by atoms with Gasteiger partial charge in [-0.25, -0.2) is 0 Å². The van der Waals surface area contributed by atoms with Crippen LogP contribution < -0.4 is 11.1 Å². The fourth-order valence-corrected chi connectivity index (χ4v) is 2.71. The lowest BCUT2D eigenvalue weighted by Gasteiger charge is -2.26. The first-order valence-corrected chi connectivity index (χ1v) is 7.05. The highest BCUT2D eigenvalue weighted by molar-refractivity contribution is 14.1. The maximum absolute atomic E-state index is 12.0. The minimum Gasteiger partial charge on any atom is -0.349 e. The first kappa shape index (κ1) is 15.7. The Morgan fingerprint density at radius 1 is 1.28 bits per heavy atom. The highest BCUT2D eigenvalue weighted by Gasteiger charge is 2.20. The van der Waals surface area contributed by atoms with Crippen LogP contribution in [0.25, 0.3) is 0 Å². The first-order valence-electron chi connectivity index (χ1n) is 5.97. The summed E-state index contributed by atoms with van der Waals surface area (Å²) in [5.74, 6) is 0.0315. The van der Waals surface area contributed by atoms with Crippen molar-refractivity contribution in [2.24, 2.45) is 5.73 Å². The molecule has 1 aromatic carbocycles. The molecule has 0 saturated heterocycles. The lowest BCUT2D eigenvalue weighted by atomic mass is 9.91. The number of amides is 1. The van der Waals surface area contributed by atoms with Crippen LogP contribution in [0.3, 0.4) is 0 Å². The van der Waals surface area contributed by atoms with Gasteiger partial charge < -0.3 is 11.1 Å². The number of carbonyl (C=O) groups is 1. The zero-order chi connectivity index (χ0) is 12.3. The van der Waals surface area contributed by atoms with Gasteiger partial charge in [0.1, 0.15) is 0 Å². The number of carbonyl (C=O) groups excluding carboxylic acids is 1. The molecule has 0 radical (unpaired) electrons. The van der Waals surface area contributed by atoms with Crippen molar-refractivity contribution in [2.75, 3.05) is 0 Å². The summed E-state index contributed by atoms with van der Waals surface area (Å²) in [5.41, 5.74) is 6.59. The Morgan fingerprint density at radius 2 is 1.94 bits per heavy atom. The van der Waals surface area contributed by atoms with Crippen molar-refractivity contribution in [1.29, 1.82) is 0 Å². The molecule has 1 aliphatic carbocycles. The van der Waals surface area contributed by atoms with E-state index in [4.69, 9.17) is 5.73 Å². The molecule has 0 bridgehead atoms. The van der Waals surface area contributed by atoms with E-state index in [1.54, 1.807) is 0 Å². The number of rotatable bonds is 2. The third-order valence-corrected chi connectivity index (χ3v) is 3.86. The number of hydrogen-bond donors (Lipinski definition) is 2. The molecule has 100 valence electrons. The minimum atomic E-state index is 0. The van der Waals surface area contributed by atoms with E-state index in [-0.39, 0.29) is 18.3 Å². The van der Waals surface area contributed by atoms with Crippen LogP contribution in [0.15, 0.2) is 24.3 Å². The van der Waals surface area contributed by atoms with Crippen LogP contribution in [0.5, 0.6) is 0 Å². The quantitative estimate of drug-likeness (QED) is 0.775. The summed E-state index contributed by atoms with van der Waals surface area (Å²) in [6.07, 6.45) is 4.02. The smallest absolute Gasteiger partial charge is 0.251 e. The van der Waals surface area contributed by atoms with Gasteiger partial charge in [0.2, 0.25) is 0 Å². The largest absolute Gasteiger partial charge is 0.349 e. The summed E-state index contributed by atoms with van der Waals surface area (Å²) in [6, 6.07) is 8.27. The van der Waals surface area contributed by atoms with Gasteiger partial charge in [-0.3, -0.25) is 4.79 Å². The molecule has 1 amide bonds. The molecule has 1 aliphatic rings. The summed E-state index contributed by atoms with van der Waals surface area (Å²) in [7, 11) is 0. The molecule has 18 heavy (non-hydrogen) atoms. The average Bonchev–Trinajstić information content (AvgIpc) is 2.32. The van der Waals surface area contributed by atoms with Crippen LogP contribution in [-0.4, -0.2) is 18.0 Å². The second-order valence-electron chi connectivity index (χ2n) is 4.60. The van der Waals surface area contributed by atoms with Crippen LogP contribution in [0, 0.1) is 3.57 Å². The Kier molecular flexibility index (Phi) is 6.38. The number of hydrogen-bond acceptors (Lipinski definition) is 2. The van der Waals surface area contributed by atoms with Crippen molar-refractivity contribution in [3.8, 4) is 0 Å². The molecule has 1 saturated carbocycles. The Balaban J connectivity index is 0.00000162. The summed E-state index contributed by atoms with van der Waals surface area (Å²) < 4.78 is 1.08. The molecule has 0 aliphatic heterocycles. The van der Waals surface area contributed by atoms with Crippen molar-refractivity contribution < 1.29 is 4.79 Å². The van der Waals surface area contributed by atoms with E-state index in [2.05, 4.69) is 27.9 Å². The minimum absolute atomic E-state index is 0. The number of nitrogens with one attached hydrogen (secondary N) is 1. The van der Waals surface area contributed by atoms with Gasteiger partial charge in [-0.2, -0.15) is 0 Å². The molecule has 0 aromatic heterocycles. The van der Waals surface area contributed by atoms with E-state index in [0.29, 0.717) is 12.1 Å². The van der Waals surface area contributed by atoms with Gasteiger partial charge in [-0.1, -0.05) is 6.07 Å². The Hall–Kier alpha value is -0.330. The van der Waals surface area contributed by atoms with E-state index >= 15 is 0 Å². The van der Waals surface area contributed by atoms with Crippen LogP contribution in [0.4, 0.5) is 0 Å². The molecule has 0 heterocycles. The highest BCUT2D eigenvalue weighted by atomic mass is 127. The SMILES string of the molecule is Cl.NC1CCC(NC(=O)c2cccc(I)c2)CC1. The molecule has 0 spiro atoms. The topological polar surface area (TPSA) is 55.1 Å². The maximum Gasteiger partial charge on any atom is 0.251 e. The Bertz CT molecular complexity index is 406. The van der Waals surface area contributed by atoms with Crippen LogP contribution >= 0.6 is 35.0 Å².